The van der Waals surface area contributed by atoms with Crippen LogP contribution in [0.5, 0.6) is 0 Å². The summed E-state index contributed by atoms with van der Waals surface area (Å²) in [7, 11) is 0. The number of H-pyrrole nitrogens is 3. The molecule has 0 bridgehead atoms. The van der Waals surface area contributed by atoms with Gasteiger partial charge in [-0.05, 0) is 51.6 Å². The lowest BCUT2D eigenvalue weighted by atomic mass is 9.92. The molecule has 0 radical (unpaired) electrons. The average Bonchev–Trinajstić information content (AvgIpc) is 3.82. The van der Waals surface area contributed by atoms with E-state index in [2.05, 4.69) is 121 Å². The molecule has 6 nitrogen and oxygen atoms in total. The Bertz CT molecular complexity index is 1570. The second-order valence-corrected chi connectivity index (χ2v) is 9.34. The summed E-state index contributed by atoms with van der Waals surface area (Å²) in [6.07, 6.45) is 10.8. The molecule has 0 fully saturated rings. The number of aromatic nitrogens is 6. The van der Waals surface area contributed by atoms with Gasteiger partial charge in [-0.3, -0.25) is 0 Å². The molecule has 0 atom stereocenters. The summed E-state index contributed by atoms with van der Waals surface area (Å²) in [5.74, 6) is 2.60. The van der Waals surface area contributed by atoms with Crippen molar-refractivity contribution in [3.63, 3.8) is 0 Å². The number of nitrogens with zero attached hydrogens (tertiary/aromatic N) is 3. The zero-order chi connectivity index (χ0) is 26.0. The fourth-order valence-electron chi connectivity index (χ4n) is 4.86. The Balaban J connectivity index is 1.30. The smallest absolute Gasteiger partial charge is 0.137 e. The van der Waals surface area contributed by atoms with E-state index >= 15 is 0 Å². The predicted octanol–water partition coefficient (Wildman–Crippen LogP) is 7.86. The van der Waals surface area contributed by atoms with Crippen LogP contribution in [0.25, 0.3) is 67.5 Å². The zero-order valence-corrected chi connectivity index (χ0v) is 21.0. The molecule has 6 heteroatoms. The summed E-state index contributed by atoms with van der Waals surface area (Å²) in [5.41, 5.74) is 10.1. The summed E-state index contributed by atoms with van der Waals surface area (Å²) in [6, 6.07) is 32.3. The number of nitrogens with one attached hydrogen (secondary N) is 3. The topological polar surface area (TPSA) is 86.0 Å². The number of hydrogen-bond donors (Lipinski definition) is 3. The molecule has 7 aromatic rings. The first-order chi connectivity index (χ1) is 19.3. The van der Waals surface area contributed by atoms with Gasteiger partial charge in [0.1, 0.15) is 17.5 Å². The maximum atomic E-state index is 4.38. The summed E-state index contributed by atoms with van der Waals surface area (Å²) >= 11 is 0. The van der Waals surface area contributed by atoms with Crippen LogP contribution in [-0.4, -0.2) is 29.9 Å². The summed E-state index contributed by atoms with van der Waals surface area (Å²) < 4.78 is 0. The van der Waals surface area contributed by atoms with Crippen LogP contribution in [0.4, 0.5) is 0 Å². The third-order valence-corrected chi connectivity index (χ3v) is 6.90. The van der Waals surface area contributed by atoms with Crippen molar-refractivity contribution in [1.29, 1.82) is 0 Å². The van der Waals surface area contributed by atoms with Crippen LogP contribution in [0, 0.1) is 0 Å². The molecule has 186 valence electrons. The summed E-state index contributed by atoms with van der Waals surface area (Å²) in [4.78, 5) is 22.7. The van der Waals surface area contributed by atoms with E-state index in [1.54, 1.807) is 18.6 Å². The van der Waals surface area contributed by atoms with Gasteiger partial charge in [-0.2, -0.15) is 0 Å². The van der Waals surface area contributed by atoms with Gasteiger partial charge >= 0.3 is 0 Å². The molecule has 7 rings (SSSR count). The van der Waals surface area contributed by atoms with E-state index < -0.39 is 0 Å². The Kier molecular flexibility index (Phi) is 5.68. The van der Waals surface area contributed by atoms with Crippen molar-refractivity contribution in [2.45, 2.75) is 0 Å². The Hall–Kier alpha value is -5.49. The van der Waals surface area contributed by atoms with E-state index in [0.29, 0.717) is 0 Å². The van der Waals surface area contributed by atoms with Crippen LogP contribution in [0.15, 0.2) is 128 Å². The molecule has 0 amide bonds. The van der Waals surface area contributed by atoms with Crippen molar-refractivity contribution in [1.82, 2.24) is 29.9 Å². The van der Waals surface area contributed by atoms with Crippen molar-refractivity contribution in [3.8, 4) is 67.5 Å². The first kappa shape index (κ1) is 22.7. The van der Waals surface area contributed by atoms with Crippen LogP contribution >= 0.6 is 0 Å². The van der Waals surface area contributed by atoms with Crippen molar-refractivity contribution < 1.29 is 0 Å². The maximum Gasteiger partial charge on any atom is 0.137 e. The van der Waals surface area contributed by atoms with Gasteiger partial charge in [0.15, 0.2) is 0 Å². The Morgan fingerprint density at radius 2 is 0.564 bits per heavy atom. The number of benzene rings is 4. The summed E-state index contributed by atoms with van der Waals surface area (Å²) in [6.45, 7) is 0. The predicted molar refractivity (Wildman–Crippen MR) is 155 cm³/mol. The standard InChI is InChI=1S/C33H24N6/c1-7-25(31-34-13-14-35-31)8-2-22(1)28-19-29(23-3-9-26(10-4-23)32-36-15-16-37-32)21-30(20-28)24-5-11-27(12-6-24)33-38-17-18-39-33/h1-21H,(H,34,35)(H,36,37)(H,38,39). The minimum absolute atomic E-state index is 0.865. The van der Waals surface area contributed by atoms with Gasteiger partial charge in [0, 0.05) is 53.9 Å². The number of aromatic amines is 3. The van der Waals surface area contributed by atoms with Gasteiger partial charge in [-0.1, -0.05) is 72.8 Å². The quantitative estimate of drug-likeness (QED) is 0.215. The van der Waals surface area contributed by atoms with E-state index in [1.165, 1.54) is 0 Å². The average molecular weight is 505 g/mol. The first-order valence-electron chi connectivity index (χ1n) is 12.8. The number of imidazole rings is 3. The van der Waals surface area contributed by atoms with Crippen LogP contribution in [0.2, 0.25) is 0 Å². The molecule has 0 unspecified atom stereocenters. The minimum atomic E-state index is 0.865. The van der Waals surface area contributed by atoms with Gasteiger partial charge in [-0.25, -0.2) is 15.0 Å². The minimum Gasteiger partial charge on any atom is -0.345 e. The molecular formula is C33H24N6. The lowest BCUT2D eigenvalue weighted by Crippen LogP contribution is -1.88. The third-order valence-electron chi connectivity index (χ3n) is 6.90. The molecule has 3 heterocycles. The van der Waals surface area contributed by atoms with Crippen molar-refractivity contribution in [2.24, 2.45) is 0 Å². The van der Waals surface area contributed by atoms with E-state index in [9.17, 15) is 0 Å². The molecule has 3 N–H and O–H groups in total. The molecule has 0 aliphatic carbocycles. The zero-order valence-electron chi connectivity index (χ0n) is 21.0. The number of rotatable bonds is 6. The van der Waals surface area contributed by atoms with E-state index in [4.69, 9.17) is 0 Å². The van der Waals surface area contributed by atoms with Gasteiger partial charge < -0.3 is 15.0 Å². The molecule has 0 aliphatic rings. The fraction of sp³-hybridized carbons (Fsp3) is 0. The first-order valence-corrected chi connectivity index (χ1v) is 12.8. The third kappa shape index (κ3) is 4.55. The molecule has 0 spiro atoms. The van der Waals surface area contributed by atoms with Gasteiger partial charge in [0.2, 0.25) is 0 Å². The molecule has 4 aromatic carbocycles. The monoisotopic (exact) mass is 504 g/mol. The second kappa shape index (κ2) is 9.76. The Labute approximate surface area is 225 Å². The van der Waals surface area contributed by atoms with E-state index in [-0.39, 0.29) is 0 Å². The summed E-state index contributed by atoms with van der Waals surface area (Å²) in [5, 5.41) is 0. The highest BCUT2D eigenvalue weighted by Gasteiger charge is 2.10. The maximum absolute atomic E-state index is 4.38. The molecule has 39 heavy (non-hydrogen) atoms. The lowest BCUT2D eigenvalue weighted by Gasteiger charge is -2.12. The SMILES string of the molecule is c1c[nH]c(-c2ccc(-c3cc(-c4ccc(-c5ncc[nH]5)cc4)cc(-c4ccc(-c5ncc[nH]5)cc4)c3)cc2)n1. The lowest BCUT2D eigenvalue weighted by molar-refractivity contribution is 1.31. The highest BCUT2D eigenvalue weighted by atomic mass is 14.9. The van der Waals surface area contributed by atoms with Crippen LogP contribution in [0.3, 0.4) is 0 Å². The molecule has 3 aromatic heterocycles. The van der Waals surface area contributed by atoms with Gasteiger partial charge in [0.25, 0.3) is 0 Å². The van der Waals surface area contributed by atoms with Crippen molar-refractivity contribution in [2.75, 3.05) is 0 Å². The van der Waals surface area contributed by atoms with Crippen LogP contribution < -0.4 is 0 Å². The normalized spacial score (nSPS) is 11.1. The Morgan fingerprint density at radius 3 is 0.795 bits per heavy atom. The van der Waals surface area contributed by atoms with Crippen molar-refractivity contribution in [3.05, 3.63) is 128 Å². The number of hydrogen-bond acceptors (Lipinski definition) is 3. The van der Waals surface area contributed by atoms with E-state index in [0.717, 1.165) is 67.5 Å². The molecule has 0 saturated heterocycles. The Morgan fingerprint density at radius 1 is 0.308 bits per heavy atom. The highest BCUT2D eigenvalue weighted by molar-refractivity contribution is 5.82. The van der Waals surface area contributed by atoms with Gasteiger partial charge in [0.05, 0.1) is 0 Å². The molecule has 0 saturated carbocycles. The highest BCUT2D eigenvalue weighted by Crippen LogP contribution is 2.34. The largest absolute Gasteiger partial charge is 0.345 e. The van der Waals surface area contributed by atoms with Crippen LogP contribution in [0.1, 0.15) is 0 Å². The second-order valence-electron chi connectivity index (χ2n) is 9.34. The van der Waals surface area contributed by atoms with Crippen LogP contribution in [-0.2, 0) is 0 Å². The van der Waals surface area contributed by atoms with Crippen molar-refractivity contribution >= 4 is 0 Å². The fourth-order valence-corrected chi connectivity index (χ4v) is 4.86. The molecular weight excluding hydrogens is 480 g/mol. The van der Waals surface area contributed by atoms with E-state index in [1.807, 2.05) is 18.6 Å². The van der Waals surface area contributed by atoms with Gasteiger partial charge in [-0.15, -0.1) is 0 Å². The molecule has 0 aliphatic heterocycles.